The molecule has 4 nitrogen and oxygen atoms in total. The van der Waals surface area contributed by atoms with E-state index in [1.165, 1.54) is 31.0 Å². The van der Waals surface area contributed by atoms with Gasteiger partial charge < -0.3 is 10.9 Å². The van der Waals surface area contributed by atoms with Crippen LogP contribution in [0.2, 0.25) is 0 Å². The minimum Gasteiger partial charge on any atom is -0.409 e. The number of unbranched alkanes of at least 4 members (excludes halogenated alkanes) is 1. The van der Waals surface area contributed by atoms with Gasteiger partial charge >= 0.3 is 0 Å². The van der Waals surface area contributed by atoms with E-state index in [0.29, 0.717) is 11.9 Å². The fraction of sp³-hybridized carbons (Fsp3) is 0.923. The molecule has 1 aliphatic heterocycles. The maximum atomic E-state index is 8.72. The summed E-state index contributed by atoms with van der Waals surface area (Å²) in [6.45, 7) is 8.76. The second-order valence-electron chi connectivity index (χ2n) is 5.79. The number of amidine groups is 1. The third-order valence-electron chi connectivity index (χ3n) is 3.80. The highest BCUT2D eigenvalue weighted by Crippen LogP contribution is 2.24. The molecule has 0 aliphatic carbocycles. The topological polar surface area (TPSA) is 61.8 Å². The van der Waals surface area contributed by atoms with Gasteiger partial charge in [-0.1, -0.05) is 25.4 Å². The first-order valence-electron chi connectivity index (χ1n) is 6.77. The predicted octanol–water partition coefficient (Wildman–Crippen LogP) is 2.37. The van der Waals surface area contributed by atoms with Crippen LogP contribution in [0.4, 0.5) is 0 Å². The fourth-order valence-electron chi connectivity index (χ4n) is 2.24. The summed E-state index contributed by atoms with van der Waals surface area (Å²) in [7, 11) is 0. The average molecular weight is 273 g/mol. The summed E-state index contributed by atoms with van der Waals surface area (Å²) in [6.07, 6.45) is 3.29. The van der Waals surface area contributed by atoms with Gasteiger partial charge in [0.05, 0.1) is 0 Å². The van der Waals surface area contributed by atoms with Crippen molar-refractivity contribution in [2.75, 3.05) is 24.6 Å². The second kappa shape index (κ2) is 7.24. The lowest BCUT2D eigenvalue weighted by atomic mass is 9.86. The van der Waals surface area contributed by atoms with E-state index in [1.807, 2.05) is 13.8 Å². The van der Waals surface area contributed by atoms with E-state index in [0.717, 1.165) is 12.8 Å². The lowest BCUT2D eigenvalue weighted by Gasteiger charge is -2.33. The molecule has 1 atom stereocenters. The third kappa shape index (κ3) is 4.69. The van der Waals surface area contributed by atoms with Crippen LogP contribution in [0.15, 0.2) is 5.16 Å². The number of thioether (sulfide) groups is 1. The molecule has 1 fully saturated rings. The van der Waals surface area contributed by atoms with Crippen molar-refractivity contribution < 1.29 is 5.21 Å². The minimum atomic E-state index is -0.196. The van der Waals surface area contributed by atoms with E-state index in [1.54, 1.807) is 0 Å². The molecule has 0 amide bonds. The molecule has 0 bridgehead atoms. The van der Waals surface area contributed by atoms with E-state index in [9.17, 15) is 0 Å². The summed E-state index contributed by atoms with van der Waals surface area (Å²) in [6, 6.07) is 0.709. The van der Waals surface area contributed by atoms with Crippen LogP contribution in [0, 0.1) is 5.41 Å². The second-order valence-corrected chi connectivity index (χ2v) is 6.94. The van der Waals surface area contributed by atoms with E-state index in [4.69, 9.17) is 10.9 Å². The van der Waals surface area contributed by atoms with Crippen LogP contribution in [0.5, 0.6) is 0 Å². The van der Waals surface area contributed by atoms with Crippen LogP contribution < -0.4 is 5.73 Å². The molecule has 3 N–H and O–H groups in total. The zero-order valence-electron chi connectivity index (χ0n) is 11.9. The Balaban J connectivity index is 2.22. The number of nitrogens with two attached hydrogens (primary N) is 1. The van der Waals surface area contributed by atoms with Gasteiger partial charge in [-0.05, 0) is 26.3 Å². The van der Waals surface area contributed by atoms with Crippen molar-refractivity contribution >= 4 is 17.6 Å². The Bertz CT molecular complexity index is 281. The van der Waals surface area contributed by atoms with Crippen LogP contribution in [0.25, 0.3) is 0 Å². The summed E-state index contributed by atoms with van der Waals surface area (Å²) in [4.78, 5) is 2.58. The van der Waals surface area contributed by atoms with Crippen molar-refractivity contribution in [2.24, 2.45) is 16.3 Å². The summed E-state index contributed by atoms with van der Waals surface area (Å²) >= 11 is 2.06. The lowest BCUT2D eigenvalue weighted by molar-refractivity contribution is 0.224. The van der Waals surface area contributed by atoms with Gasteiger partial charge in [-0.15, -0.1) is 0 Å². The molecule has 5 heteroatoms. The van der Waals surface area contributed by atoms with Crippen molar-refractivity contribution in [3.8, 4) is 0 Å². The number of rotatable bonds is 6. The predicted molar refractivity (Wildman–Crippen MR) is 79.4 cm³/mol. The number of hydrogen-bond acceptors (Lipinski definition) is 4. The van der Waals surface area contributed by atoms with Gasteiger partial charge in [-0.25, -0.2) is 0 Å². The van der Waals surface area contributed by atoms with E-state index < -0.39 is 0 Å². The van der Waals surface area contributed by atoms with Crippen molar-refractivity contribution in [2.45, 2.75) is 46.1 Å². The maximum Gasteiger partial charge on any atom is 0.144 e. The highest BCUT2D eigenvalue weighted by molar-refractivity contribution is 7.99. The zero-order valence-corrected chi connectivity index (χ0v) is 12.7. The molecule has 18 heavy (non-hydrogen) atoms. The quantitative estimate of drug-likeness (QED) is 0.256. The van der Waals surface area contributed by atoms with Gasteiger partial charge in [0.25, 0.3) is 0 Å². The molecule has 0 aromatic carbocycles. The Kier molecular flexibility index (Phi) is 6.29. The largest absolute Gasteiger partial charge is 0.409 e. The first-order chi connectivity index (χ1) is 8.47. The van der Waals surface area contributed by atoms with Gasteiger partial charge in [-0.3, -0.25) is 4.90 Å². The molecular weight excluding hydrogens is 246 g/mol. The SMILES string of the molecule is CC1CSCCN1CCCCC(C)(C)C(N)=NO. The lowest BCUT2D eigenvalue weighted by Crippen LogP contribution is -2.40. The molecule has 1 unspecified atom stereocenters. The fourth-order valence-corrected chi connectivity index (χ4v) is 3.32. The number of hydrogen-bond donors (Lipinski definition) is 2. The van der Waals surface area contributed by atoms with Crippen molar-refractivity contribution in [3.63, 3.8) is 0 Å². The first-order valence-corrected chi connectivity index (χ1v) is 7.92. The van der Waals surface area contributed by atoms with E-state index >= 15 is 0 Å². The molecule has 0 spiro atoms. The van der Waals surface area contributed by atoms with Gasteiger partial charge in [0.15, 0.2) is 0 Å². The standard InChI is InChI=1S/C13H27N3OS/c1-11-10-18-9-8-16(11)7-5-4-6-13(2,3)12(14)15-17/h11,17H,4-10H2,1-3H3,(H2,14,15). The zero-order chi connectivity index (χ0) is 13.6. The molecule has 0 radical (unpaired) electrons. The van der Waals surface area contributed by atoms with Crippen molar-refractivity contribution in [3.05, 3.63) is 0 Å². The van der Waals surface area contributed by atoms with E-state index in [-0.39, 0.29) is 5.41 Å². The molecule has 0 aromatic heterocycles. The molecule has 0 saturated carbocycles. The highest BCUT2D eigenvalue weighted by atomic mass is 32.2. The Hall–Kier alpha value is -0.420. The maximum absolute atomic E-state index is 8.72. The van der Waals surface area contributed by atoms with Gasteiger partial charge in [-0.2, -0.15) is 11.8 Å². The monoisotopic (exact) mass is 273 g/mol. The van der Waals surface area contributed by atoms with Crippen molar-refractivity contribution in [1.29, 1.82) is 0 Å². The smallest absolute Gasteiger partial charge is 0.144 e. The summed E-state index contributed by atoms with van der Waals surface area (Å²) in [5.41, 5.74) is 5.49. The van der Waals surface area contributed by atoms with E-state index in [2.05, 4.69) is 28.7 Å². The summed E-state index contributed by atoms with van der Waals surface area (Å²) in [5.74, 6) is 2.86. The Morgan fingerprint density at radius 1 is 1.50 bits per heavy atom. The molecule has 1 aliphatic rings. The Labute approximate surface area is 115 Å². The summed E-state index contributed by atoms with van der Waals surface area (Å²) in [5, 5.41) is 11.8. The number of oxime groups is 1. The molecule has 1 rings (SSSR count). The first kappa shape index (κ1) is 15.6. The van der Waals surface area contributed by atoms with Crippen molar-refractivity contribution in [1.82, 2.24) is 4.90 Å². The molecule has 1 heterocycles. The van der Waals surface area contributed by atoms with Gasteiger partial charge in [0, 0.05) is 29.5 Å². The normalized spacial score (nSPS) is 23.3. The third-order valence-corrected chi connectivity index (χ3v) is 4.99. The average Bonchev–Trinajstić information content (AvgIpc) is 2.35. The summed E-state index contributed by atoms with van der Waals surface area (Å²) < 4.78 is 0. The van der Waals surface area contributed by atoms with Crippen LogP contribution in [-0.4, -0.2) is 46.6 Å². The van der Waals surface area contributed by atoms with Crippen LogP contribution >= 0.6 is 11.8 Å². The van der Waals surface area contributed by atoms with Crippen LogP contribution in [0.1, 0.15) is 40.0 Å². The highest BCUT2D eigenvalue weighted by Gasteiger charge is 2.23. The van der Waals surface area contributed by atoms with Gasteiger partial charge in [0.2, 0.25) is 0 Å². The number of nitrogens with zero attached hydrogens (tertiary/aromatic N) is 2. The van der Waals surface area contributed by atoms with Crippen LogP contribution in [-0.2, 0) is 0 Å². The van der Waals surface area contributed by atoms with Gasteiger partial charge in [0.1, 0.15) is 5.84 Å². The molecule has 1 saturated heterocycles. The minimum absolute atomic E-state index is 0.196. The Morgan fingerprint density at radius 3 is 2.83 bits per heavy atom. The molecular formula is C13H27N3OS. The van der Waals surface area contributed by atoms with Crippen LogP contribution in [0.3, 0.4) is 0 Å². The molecule has 106 valence electrons. The Morgan fingerprint density at radius 2 is 2.22 bits per heavy atom. The molecule has 0 aromatic rings.